The Kier molecular flexibility index (Phi) is 5.65. The molecule has 0 saturated carbocycles. The van der Waals surface area contributed by atoms with E-state index in [1.165, 1.54) is 11.1 Å². The van der Waals surface area contributed by atoms with Gasteiger partial charge in [-0.1, -0.05) is 35.9 Å². The highest BCUT2D eigenvalue weighted by Gasteiger charge is 2.19. The smallest absolute Gasteiger partial charge is 0.250 e. The molecule has 1 amide bonds. The Labute approximate surface area is 203 Å². The summed E-state index contributed by atoms with van der Waals surface area (Å²) in [5.74, 6) is 0.818. The first kappa shape index (κ1) is 22.5. The van der Waals surface area contributed by atoms with E-state index in [0.29, 0.717) is 11.7 Å². The Morgan fingerprint density at radius 1 is 1.09 bits per heavy atom. The summed E-state index contributed by atoms with van der Waals surface area (Å²) in [6, 6.07) is 16.1. The highest BCUT2D eigenvalue weighted by molar-refractivity contribution is 6.05. The molecule has 176 valence electrons. The number of nitrogens with one attached hydrogen (secondary N) is 2. The van der Waals surface area contributed by atoms with E-state index in [-0.39, 0.29) is 5.91 Å². The molecule has 0 bridgehead atoms. The quantitative estimate of drug-likeness (QED) is 0.275. The van der Waals surface area contributed by atoms with Crippen molar-refractivity contribution in [3.05, 3.63) is 83.1 Å². The summed E-state index contributed by atoms with van der Waals surface area (Å²) in [6.07, 6.45) is 3.36. The van der Waals surface area contributed by atoms with Crippen molar-refractivity contribution in [3.8, 4) is 16.9 Å². The highest BCUT2D eigenvalue weighted by Crippen LogP contribution is 2.41. The van der Waals surface area contributed by atoms with Crippen LogP contribution in [0.4, 0.5) is 5.95 Å². The first-order valence-corrected chi connectivity index (χ1v) is 11.5. The number of carbonyl (C=O) groups excluding carboxylic acids is 1. The van der Waals surface area contributed by atoms with Crippen molar-refractivity contribution in [2.75, 3.05) is 12.4 Å². The summed E-state index contributed by atoms with van der Waals surface area (Å²) in [4.78, 5) is 20.4. The van der Waals surface area contributed by atoms with Crippen LogP contribution in [0.25, 0.3) is 38.7 Å². The van der Waals surface area contributed by atoms with E-state index in [1.54, 1.807) is 19.4 Å². The van der Waals surface area contributed by atoms with Gasteiger partial charge in [0.15, 0.2) is 0 Å². The second kappa shape index (κ2) is 8.80. The molecule has 2 N–H and O–H groups in total. The van der Waals surface area contributed by atoms with Gasteiger partial charge in [0.2, 0.25) is 5.95 Å². The number of hydrogen-bond acceptors (Lipinski definition) is 4. The first-order valence-electron chi connectivity index (χ1n) is 11.5. The van der Waals surface area contributed by atoms with E-state index in [0.717, 1.165) is 49.8 Å². The van der Waals surface area contributed by atoms with E-state index in [2.05, 4.69) is 47.3 Å². The molecular weight excluding hydrogens is 438 g/mol. The maximum Gasteiger partial charge on any atom is 0.250 e. The summed E-state index contributed by atoms with van der Waals surface area (Å²) < 4.78 is 11.7. The van der Waals surface area contributed by atoms with E-state index in [9.17, 15) is 4.79 Å². The molecule has 6 nitrogen and oxygen atoms in total. The van der Waals surface area contributed by atoms with Crippen molar-refractivity contribution in [3.63, 3.8) is 0 Å². The molecule has 0 aliphatic carbocycles. The van der Waals surface area contributed by atoms with Crippen molar-refractivity contribution in [2.24, 2.45) is 0 Å². The number of H-pyrrole nitrogens is 1. The number of carbonyl (C=O) groups is 1. The fourth-order valence-corrected chi connectivity index (χ4v) is 4.64. The molecule has 6 heteroatoms. The average molecular weight is 466 g/mol. The minimum absolute atomic E-state index is 0.275. The summed E-state index contributed by atoms with van der Waals surface area (Å²) >= 11 is 0. The van der Waals surface area contributed by atoms with Crippen LogP contribution in [-0.2, 0) is 4.79 Å². The van der Waals surface area contributed by atoms with Gasteiger partial charge in [-0.15, -0.1) is 0 Å². The molecule has 35 heavy (non-hydrogen) atoms. The van der Waals surface area contributed by atoms with Crippen molar-refractivity contribution in [2.45, 2.75) is 27.7 Å². The van der Waals surface area contributed by atoms with Crippen molar-refractivity contribution < 1.29 is 13.9 Å². The molecule has 0 atom stereocenters. The molecule has 0 aliphatic rings. The van der Waals surface area contributed by atoms with Crippen LogP contribution in [0.5, 0.6) is 5.75 Å². The number of rotatable bonds is 5. The number of methoxy groups -OCH3 is 1. The zero-order valence-corrected chi connectivity index (χ0v) is 20.4. The number of amides is 1. The standard InChI is InChI=1S/C29H27N3O3/c1-16-10-11-20(17(2)12-16)23-15-35-28-19(4)27(34-5)21(14-22(23)28)18(3)13-26(33)32-29-30-24-8-6-7-9-25(24)31-29/h6-15H,1-5H3,(H2,30,31,32,33)/b18-13+. The second-order valence-electron chi connectivity index (χ2n) is 8.85. The SMILES string of the molecule is COc1c(/C(C)=C/C(=O)Nc2nc3ccccc3[nH]2)cc2c(-c3ccc(C)cc3C)coc2c1C. The van der Waals surface area contributed by atoms with Gasteiger partial charge in [-0.25, -0.2) is 4.98 Å². The average Bonchev–Trinajstić information content (AvgIpc) is 3.42. The van der Waals surface area contributed by atoms with Gasteiger partial charge in [0, 0.05) is 28.2 Å². The molecule has 2 heterocycles. The monoisotopic (exact) mass is 465 g/mol. The van der Waals surface area contributed by atoms with Gasteiger partial charge >= 0.3 is 0 Å². The van der Waals surface area contributed by atoms with Gasteiger partial charge < -0.3 is 14.1 Å². The summed E-state index contributed by atoms with van der Waals surface area (Å²) in [7, 11) is 1.63. The minimum Gasteiger partial charge on any atom is -0.496 e. The second-order valence-corrected chi connectivity index (χ2v) is 8.85. The number of benzene rings is 3. The number of para-hydroxylation sites is 2. The van der Waals surface area contributed by atoms with Crippen LogP contribution in [-0.4, -0.2) is 23.0 Å². The molecule has 0 unspecified atom stereocenters. The topological polar surface area (TPSA) is 80.1 Å². The number of aryl methyl sites for hydroxylation is 3. The zero-order valence-electron chi connectivity index (χ0n) is 20.4. The van der Waals surface area contributed by atoms with Gasteiger partial charge in [-0.2, -0.15) is 0 Å². The zero-order chi connectivity index (χ0) is 24.7. The maximum atomic E-state index is 12.8. The molecule has 0 radical (unpaired) electrons. The van der Waals surface area contributed by atoms with Crippen LogP contribution in [0.2, 0.25) is 0 Å². The van der Waals surface area contributed by atoms with Crippen molar-refractivity contribution in [1.29, 1.82) is 0 Å². The lowest BCUT2D eigenvalue weighted by atomic mass is 9.94. The predicted molar refractivity (Wildman–Crippen MR) is 141 cm³/mol. The summed E-state index contributed by atoms with van der Waals surface area (Å²) in [5.41, 5.74) is 9.47. The van der Waals surface area contributed by atoms with Crippen molar-refractivity contribution >= 4 is 39.4 Å². The lowest BCUT2D eigenvalue weighted by molar-refractivity contribution is -0.111. The molecule has 3 aromatic carbocycles. The lowest BCUT2D eigenvalue weighted by Gasteiger charge is -2.13. The normalized spacial score (nSPS) is 11.9. The molecule has 0 saturated heterocycles. The number of ether oxygens (including phenoxy) is 1. The third-order valence-electron chi connectivity index (χ3n) is 6.32. The van der Waals surface area contributed by atoms with E-state index in [1.807, 2.05) is 44.2 Å². The molecule has 0 spiro atoms. The van der Waals surface area contributed by atoms with Crippen LogP contribution in [0.1, 0.15) is 29.2 Å². The molecule has 2 aromatic heterocycles. The number of aromatic amines is 1. The predicted octanol–water partition coefficient (Wildman–Crippen LogP) is 6.95. The largest absolute Gasteiger partial charge is 0.496 e. The molecule has 5 aromatic rings. The number of furan rings is 1. The number of nitrogens with zero attached hydrogens (tertiary/aromatic N) is 1. The fraction of sp³-hybridized carbons (Fsp3) is 0.172. The maximum absolute atomic E-state index is 12.8. The number of fused-ring (bicyclic) bond motifs is 2. The molecule has 0 fully saturated rings. The van der Waals surface area contributed by atoms with Crippen LogP contribution < -0.4 is 10.1 Å². The molecule has 5 rings (SSSR count). The van der Waals surface area contributed by atoms with Crippen LogP contribution >= 0.6 is 0 Å². The number of allylic oxidation sites excluding steroid dienone is 1. The Morgan fingerprint density at radius 3 is 2.63 bits per heavy atom. The highest BCUT2D eigenvalue weighted by atomic mass is 16.5. The van der Waals surface area contributed by atoms with E-state index in [4.69, 9.17) is 9.15 Å². The first-order chi connectivity index (χ1) is 16.9. The van der Waals surface area contributed by atoms with Gasteiger partial charge in [0.05, 0.1) is 24.4 Å². The molecule has 0 aliphatic heterocycles. The van der Waals surface area contributed by atoms with Crippen molar-refractivity contribution in [1.82, 2.24) is 9.97 Å². The molecular formula is C29H27N3O3. The van der Waals surface area contributed by atoms with Crippen LogP contribution in [0.15, 0.2) is 65.3 Å². The van der Waals surface area contributed by atoms with Crippen LogP contribution in [0, 0.1) is 20.8 Å². The third kappa shape index (κ3) is 4.08. The Morgan fingerprint density at radius 2 is 1.89 bits per heavy atom. The number of imidazole rings is 1. The number of anilines is 1. The summed E-state index contributed by atoms with van der Waals surface area (Å²) in [5, 5.41) is 3.81. The van der Waals surface area contributed by atoms with Gasteiger partial charge in [-0.3, -0.25) is 10.1 Å². The van der Waals surface area contributed by atoms with E-state index < -0.39 is 0 Å². The Bertz CT molecular complexity index is 1590. The van der Waals surface area contributed by atoms with Gasteiger partial charge in [0.25, 0.3) is 5.91 Å². The fourth-order valence-electron chi connectivity index (χ4n) is 4.64. The van der Waals surface area contributed by atoms with Crippen LogP contribution in [0.3, 0.4) is 0 Å². The van der Waals surface area contributed by atoms with Gasteiger partial charge in [0.1, 0.15) is 11.3 Å². The Hall–Kier alpha value is -4.32. The van der Waals surface area contributed by atoms with E-state index >= 15 is 0 Å². The summed E-state index contributed by atoms with van der Waals surface area (Å²) in [6.45, 7) is 8.06. The Balaban J connectivity index is 1.54. The van der Waals surface area contributed by atoms with Gasteiger partial charge in [-0.05, 0) is 62.6 Å². The third-order valence-corrected chi connectivity index (χ3v) is 6.32. The number of hydrogen-bond donors (Lipinski definition) is 2. The lowest BCUT2D eigenvalue weighted by Crippen LogP contribution is -2.10. The minimum atomic E-state index is -0.275. The number of aromatic nitrogens is 2.